The number of benzene rings is 2. The molecule has 0 aliphatic rings. The topological polar surface area (TPSA) is 82.2 Å². The first kappa shape index (κ1) is 23.7. The van der Waals surface area contributed by atoms with E-state index in [1.165, 1.54) is 26.2 Å². The largest absolute Gasteiger partial charge is 0.497 e. The summed E-state index contributed by atoms with van der Waals surface area (Å²) in [7, 11) is 6.47. The van der Waals surface area contributed by atoms with Gasteiger partial charge in [-0.3, -0.25) is 9.69 Å². The van der Waals surface area contributed by atoms with Gasteiger partial charge in [0.1, 0.15) is 5.75 Å². The molecule has 2 rings (SSSR count). The maximum Gasteiger partial charge on any atom is 0.242 e. The molecule has 30 heavy (non-hydrogen) atoms. The van der Waals surface area contributed by atoms with E-state index in [-0.39, 0.29) is 17.3 Å². The number of nitrogens with one attached hydrogen (secondary N) is 1. The molecule has 0 saturated heterocycles. The van der Waals surface area contributed by atoms with E-state index in [1.54, 1.807) is 13.2 Å². The molecule has 8 nitrogen and oxygen atoms in total. The van der Waals surface area contributed by atoms with Crippen molar-refractivity contribution in [3.8, 4) is 5.75 Å². The lowest BCUT2D eigenvalue weighted by atomic mass is 10.2. The number of methoxy groups -OCH3 is 1. The van der Waals surface area contributed by atoms with Gasteiger partial charge in [0.2, 0.25) is 15.9 Å². The molecule has 2 aromatic carbocycles. The Kier molecular flexibility index (Phi) is 7.83. The smallest absolute Gasteiger partial charge is 0.242 e. The van der Waals surface area contributed by atoms with E-state index in [0.717, 1.165) is 21.3 Å². The third kappa shape index (κ3) is 5.94. The zero-order chi connectivity index (χ0) is 22.5. The summed E-state index contributed by atoms with van der Waals surface area (Å²) in [6.07, 6.45) is 0. The van der Waals surface area contributed by atoms with Crippen LogP contribution in [0.5, 0.6) is 5.75 Å². The number of anilines is 2. The molecule has 1 amide bonds. The monoisotopic (exact) mass is 434 g/mol. The van der Waals surface area contributed by atoms with Crippen molar-refractivity contribution in [2.24, 2.45) is 0 Å². The van der Waals surface area contributed by atoms with Gasteiger partial charge in [-0.15, -0.1) is 0 Å². The van der Waals surface area contributed by atoms with E-state index in [4.69, 9.17) is 4.74 Å². The van der Waals surface area contributed by atoms with Crippen LogP contribution in [-0.4, -0.2) is 72.4 Å². The zero-order valence-corrected chi connectivity index (χ0v) is 19.2. The molecule has 164 valence electrons. The molecule has 0 spiro atoms. The Morgan fingerprint density at radius 1 is 1.03 bits per heavy atom. The lowest BCUT2D eigenvalue weighted by Crippen LogP contribution is -2.30. The van der Waals surface area contributed by atoms with Crippen LogP contribution in [0.4, 0.5) is 11.4 Å². The molecule has 9 heteroatoms. The highest BCUT2D eigenvalue weighted by atomic mass is 32.2. The number of sulfonamides is 1. The van der Waals surface area contributed by atoms with Crippen LogP contribution in [-0.2, 0) is 21.4 Å². The summed E-state index contributed by atoms with van der Waals surface area (Å²) in [6.45, 7) is 0.717. The van der Waals surface area contributed by atoms with E-state index in [9.17, 15) is 13.2 Å². The first-order chi connectivity index (χ1) is 14.0. The first-order valence-electron chi connectivity index (χ1n) is 9.40. The van der Waals surface area contributed by atoms with Gasteiger partial charge in [0.25, 0.3) is 0 Å². The van der Waals surface area contributed by atoms with E-state index in [2.05, 4.69) is 5.32 Å². The van der Waals surface area contributed by atoms with Crippen LogP contribution in [0.1, 0.15) is 5.56 Å². The molecule has 1 N–H and O–H groups in total. The van der Waals surface area contributed by atoms with E-state index in [1.807, 2.05) is 55.2 Å². The first-order valence-corrected chi connectivity index (χ1v) is 10.8. The normalized spacial score (nSPS) is 11.6. The third-order valence-electron chi connectivity index (χ3n) is 4.50. The second-order valence-electron chi connectivity index (χ2n) is 7.43. The molecule has 0 aromatic heterocycles. The van der Waals surface area contributed by atoms with Gasteiger partial charge in [0.15, 0.2) is 0 Å². The number of hydrogen-bond donors (Lipinski definition) is 1. The molecule has 0 radical (unpaired) electrons. The van der Waals surface area contributed by atoms with Gasteiger partial charge >= 0.3 is 0 Å². The summed E-state index contributed by atoms with van der Waals surface area (Å²) in [5.41, 5.74) is 2.19. The maximum absolute atomic E-state index is 12.7. The number of rotatable bonds is 9. The predicted molar refractivity (Wildman–Crippen MR) is 120 cm³/mol. The minimum atomic E-state index is -3.61. The van der Waals surface area contributed by atoms with Crippen molar-refractivity contribution in [2.75, 3.05) is 59.1 Å². The van der Waals surface area contributed by atoms with Gasteiger partial charge in [-0.25, -0.2) is 12.7 Å². The number of nitrogens with zero attached hydrogens (tertiary/aromatic N) is 3. The minimum absolute atomic E-state index is 0.123. The average Bonchev–Trinajstić information content (AvgIpc) is 2.67. The molecule has 0 aliphatic heterocycles. The summed E-state index contributed by atoms with van der Waals surface area (Å²) < 4.78 is 31.3. The maximum atomic E-state index is 12.7. The number of likely N-dealkylation sites (N-methyl/N-ethyl adjacent to an activating group) is 1. The second-order valence-corrected chi connectivity index (χ2v) is 9.58. The van der Waals surface area contributed by atoms with Gasteiger partial charge in [-0.2, -0.15) is 0 Å². The number of amides is 1. The molecule has 2 aromatic rings. The Balaban J connectivity index is 2.16. The van der Waals surface area contributed by atoms with Gasteiger partial charge in [0.05, 0.1) is 29.9 Å². The summed E-state index contributed by atoms with van der Waals surface area (Å²) in [6, 6.07) is 12.4. The molecular formula is C21H30N4O4S. The van der Waals surface area contributed by atoms with Crippen molar-refractivity contribution in [2.45, 2.75) is 11.4 Å². The summed E-state index contributed by atoms with van der Waals surface area (Å²) in [4.78, 5) is 16.5. The van der Waals surface area contributed by atoms with E-state index in [0.29, 0.717) is 12.2 Å². The number of carbonyl (C=O) groups excluding carboxylic acids is 1. The van der Waals surface area contributed by atoms with E-state index >= 15 is 0 Å². The van der Waals surface area contributed by atoms with Crippen molar-refractivity contribution in [3.05, 3.63) is 48.0 Å². The minimum Gasteiger partial charge on any atom is -0.497 e. The highest BCUT2D eigenvalue weighted by Crippen LogP contribution is 2.28. The van der Waals surface area contributed by atoms with E-state index < -0.39 is 10.0 Å². The Bertz CT molecular complexity index is 990. The van der Waals surface area contributed by atoms with Gasteiger partial charge in [-0.1, -0.05) is 12.1 Å². The SMILES string of the molecule is COc1cccc(CN(C)CC(=O)Nc2cc(S(=O)(=O)N(C)C)ccc2N(C)C)c1. The zero-order valence-electron chi connectivity index (χ0n) is 18.3. The Hall–Kier alpha value is -2.62. The van der Waals surface area contributed by atoms with Crippen LogP contribution in [0.3, 0.4) is 0 Å². The summed E-state index contributed by atoms with van der Waals surface area (Å²) in [5.74, 6) is 0.530. The summed E-state index contributed by atoms with van der Waals surface area (Å²) in [5, 5.41) is 2.85. The molecular weight excluding hydrogens is 404 g/mol. The number of hydrogen-bond acceptors (Lipinski definition) is 6. The standard InChI is InChI=1S/C21H30N4O4S/c1-23(2)20-11-10-18(30(27,28)24(3)4)13-19(20)22-21(26)15-25(5)14-16-8-7-9-17(12-16)29-6/h7-13H,14-15H2,1-6H3,(H,22,26). The van der Waals surface area contributed by atoms with Crippen LogP contribution in [0, 0.1) is 0 Å². The molecule has 0 fully saturated rings. The van der Waals surface area contributed by atoms with Crippen molar-refractivity contribution in [1.29, 1.82) is 0 Å². The predicted octanol–water partition coefficient (Wildman–Crippen LogP) is 2.08. The lowest BCUT2D eigenvalue weighted by molar-refractivity contribution is -0.117. The highest BCUT2D eigenvalue weighted by Gasteiger charge is 2.20. The molecule has 0 bridgehead atoms. The second kappa shape index (κ2) is 9.92. The molecule has 0 atom stereocenters. The molecule has 0 heterocycles. The fraction of sp³-hybridized carbons (Fsp3) is 0.381. The third-order valence-corrected chi connectivity index (χ3v) is 6.31. The van der Waals surface area contributed by atoms with Crippen molar-refractivity contribution >= 4 is 27.3 Å². The van der Waals surface area contributed by atoms with Crippen LogP contribution < -0.4 is 15.0 Å². The van der Waals surface area contributed by atoms with Crippen LogP contribution >= 0.6 is 0 Å². The quantitative estimate of drug-likeness (QED) is 0.651. The molecule has 0 saturated carbocycles. The Labute approximate surface area is 179 Å². The Morgan fingerprint density at radius 2 is 1.73 bits per heavy atom. The summed E-state index contributed by atoms with van der Waals surface area (Å²) >= 11 is 0. The average molecular weight is 435 g/mol. The van der Waals surface area contributed by atoms with Crippen molar-refractivity contribution in [1.82, 2.24) is 9.21 Å². The van der Waals surface area contributed by atoms with Crippen LogP contribution in [0.2, 0.25) is 0 Å². The van der Waals surface area contributed by atoms with Crippen molar-refractivity contribution in [3.63, 3.8) is 0 Å². The van der Waals surface area contributed by atoms with Crippen LogP contribution in [0.15, 0.2) is 47.4 Å². The molecule has 0 unspecified atom stereocenters. The number of carbonyl (C=O) groups is 1. The fourth-order valence-electron chi connectivity index (χ4n) is 2.95. The molecule has 0 aliphatic carbocycles. The fourth-order valence-corrected chi connectivity index (χ4v) is 3.88. The highest BCUT2D eigenvalue weighted by molar-refractivity contribution is 7.89. The van der Waals surface area contributed by atoms with Gasteiger partial charge in [-0.05, 0) is 42.9 Å². The Morgan fingerprint density at radius 3 is 2.33 bits per heavy atom. The van der Waals surface area contributed by atoms with Gasteiger partial charge in [0, 0.05) is 34.7 Å². The van der Waals surface area contributed by atoms with Gasteiger partial charge < -0.3 is 15.0 Å². The van der Waals surface area contributed by atoms with Crippen molar-refractivity contribution < 1.29 is 17.9 Å². The number of ether oxygens (including phenoxy) is 1. The lowest BCUT2D eigenvalue weighted by Gasteiger charge is -2.21. The van der Waals surface area contributed by atoms with Crippen LogP contribution in [0.25, 0.3) is 0 Å².